The number of carboxylic acids is 1. The first kappa shape index (κ1) is 14.8. The summed E-state index contributed by atoms with van der Waals surface area (Å²) in [6, 6.07) is 5.95. The van der Waals surface area contributed by atoms with E-state index in [2.05, 4.69) is 0 Å². The number of ether oxygens (including phenoxy) is 1. The fourth-order valence-electron chi connectivity index (χ4n) is 2.78. The number of nitrogens with zero attached hydrogens (tertiary/aromatic N) is 1. The van der Waals surface area contributed by atoms with E-state index in [1.54, 1.807) is 0 Å². The van der Waals surface area contributed by atoms with Crippen molar-refractivity contribution in [1.29, 1.82) is 0 Å². The van der Waals surface area contributed by atoms with Gasteiger partial charge in [-0.2, -0.15) is 0 Å². The molecule has 1 aliphatic rings. The second-order valence-corrected chi connectivity index (χ2v) is 5.55. The van der Waals surface area contributed by atoms with Gasteiger partial charge in [0.1, 0.15) is 12.1 Å². The fourth-order valence-corrected chi connectivity index (χ4v) is 2.78. The highest BCUT2D eigenvalue weighted by molar-refractivity contribution is 5.77. The van der Waals surface area contributed by atoms with Gasteiger partial charge in [-0.25, -0.2) is 0 Å². The third-order valence-electron chi connectivity index (χ3n) is 4.06. The van der Waals surface area contributed by atoms with E-state index in [0.29, 0.717) is 6.73 Å². The molecular formula is C15H21NO4. The van der Waals surface area contributed by atoms with E-state index in [0.717, 1.165) is 16.8 Å². The van der Waals surface area contributed by atoms with Crippen LogP contribution in [0.3, 0.4) is 0 Å². The van der Waals surface area contributed by atoms with Gasteiger partial charge in [-0.05, 0) is 31.9 Å². The Morgan fingerprint density at radius 1 is 1.40 bits per heavy atom. The highest BCUT2D eigenvalue weighted by atomic mass is 16.5. The van der Waals surface area contributed by atoms with Crippen molar-refractivity contribution >= 4 is 11.7 Å². The van der Waals surface area contributed by atoms with E-state index in [1.165, 1.54) is 6.92 Å². The van der Waals surface area contributed by atoms with Gasteiger partial charge in [0.15, 0.2) is 0 Å². The molecule has 5 nitrogen and oxygen atoms in total. The third-order valence-corrected chi connectivity index (χ3v) is 4.06. The summed E-state index contributed by atoms with van der Waals surface area (Å²) in [5, 5.41) is 19.4. The van der Waals surface area contributed by atoms with Gasteiger partial charge in [0.25, 0.3) is 0 Å². The van der Waals surface area contributed by atoms with Crippen molar-refractivity contribution in [3.05, 3.63) is 29.3 Å². The number of carboxylic acid groups (broad SMARTS) is 1. The minimum absolute atomic E-state index is 0.0292. The molecule has 1 aromatic rings. The van der Waals surface area contributed by atoms with Crippen molar-refractivity contribution in [2.24, 2.45) is 5.41 Å². The van der Waals surface area contributed by atoms with Gasteiger partial charge in [-0.3, -0.25) is 4.79 Å². The molecule has 0 aliphatic carbocycles. The molecule has 2 N–H and O–H groups in total. The van der Waals surface area contributed by atoms with E-state index < -0.39 is 17.5 Å². The van der Waals surface area contributed by atoms with E-state index in [4.69, 9.17) is 4.74 Å². The number of benzene rings is 1. The molecule has 0 bridgehead atoms. The third kappa shape index (κ3) is 2.39. The number of aliphatic hydroxyl groups excluding tert-OH is 1. The van der Waals surface area contributed by atoms with Gasteiger partial charge >= 0.3 is 5.97 Å². The number of para-hydroxylation sites is 1. The molecule has 1 aromatic carbocycles. The lowest BCUT2D eigenvalue weighted by atomic mass is 9.82. The van der Waals surface area contributed by atoms with Crippen molar-refractivity contribution < 1.29 is 19.7 Å². The number of hydrogen-bond donors (Lipinski definition) is 2. The molecule has 0 aromatic heterocycles. The Labute approximate surface area is 118 Å². The predicted octanol–water partition coefficient (Wildman–Crippen LogP) is 1.55. The zero-order valence-electron chi connectivity index (χ0n) is 12.1. The molecule has 0 saturated carbocycles. The highest BCUT2D eigenvalue weighted by Crippen LogP contribution is 2.34. The maximum Gasteiger partial charge on any atom is 0.316 e. The number of aliphatic carboxylic acids is 1. The van der Waals surface area contributed by atoms with Crippen LogP contribution in [0.2, 0.25) is 0 Å². The molecule has 2 atom stereocenters. The van der Waals surface area contributed by atoms with E-state index in [-0.39, 0.29) is 13.2 Å². The van der Waals surface area contributed by atoms with Crippen LogP contribution < -0.4 is 4.90 Å². The first-order valence-corrected chi connectivity index (χ1v) is 6.69. The molecule has 2 rings (SSSR count). The molecule has 0 amide bonds. The summed E-state index contributed by atoms with van der Waals surface area (Å²) in [6.07, 6.45) is -0.980. The minimum Gasteiger partial charge on any atom is -0.481 e. The number of aliphatic hydroxyl groups is 1. The highest BCUT2D eigenvalue weighted by Gasteiger charge is 2.48. The summed E-state index contributed by atoms with van der Waals surface area (Å²) in [5.41, 5.74) is 1.84. The summed E-state index contributed by atoms with van der Waals surface area (Å²) >= 11 is 0. The standard InChI is InChI=1S/C15H21NO4/c1-10-5-4-6-11(2)13(10)16-7-15(12(3)17,14(18)19)8-20-9-16/h4-6,12,17H,7-9H2,1-3H3,(H,18,19). The summed E-state index contributed by atoms with van der Waals surface area (Å²) in [6.45, 7) is 6.09. The molecule has 20 heavy (non-hydrogen) atoms. The first-order chi connectivity index (χ1) is 9.38. The molecule has 0 radical (unpaired) electrons. The van der Waals surface area contributed by atoms with E-state index in [9.17, 15) is 15.0 Å². The van der Waals surface area contributed by atoms with Crippen LogP contribution in [0.5, 0.6) is 0 Å². The zero-order chi connectivity index (χ0) is 14.9. The van der Waals surface area contributed by atoms with Gasteiger partial charge in [0, 0.05) is 12.2 Å². The van der Waals surface area contributed by atoms with Crippen molar-refractivity contribution in [2.75, 3.05) is 24.8 Å². The second kappa shape index (κ2) is 5.42. The van der Waals surface area contributed by atoms with E-state index in [1.807, 2.05) is 36.9 Å². The predicted molar refractivity (Wildman–Crippen MR) is 75.8 cm³/mol. The minimum atomic E-state index is -1.28. The Kier molecular flexibility index (Phi) is 4.01. The number of carbonyl (C=O) groups is 1. The van der Waals surface area contributed by atoms with Gasteiger partial charge < -0.3 is 19.8 Å². The number of rotatable bonds is 3. The SMILES string of the molecule is Cc1cccc(C)c1N1COCC(C(=O)O)(C(C)O)C1. The van der Waals surface area contributed by atoms with Crippen molar-refractivity contribution in [3.63, 3.8) is 0 Å². The average Bonchev–Trinajstić information content (AvgIpc) is 2.38. The molecule has 110 valence electrons. The van der Waals surface area contributed by atoms with Crippen LogP contribution in [-0.2, 0) is 9.53 Å². The van der Waals surface area contributed by atoms with Crippen LogP contribution in [0.25, 0.3) is 0 Å². The number of aryl methyl sites for hydroxylation is 2. The lowest BCUT2D eigenvalue weighted by Gasteiger charge is -2.43. The monoisotopic (exact) mass is 279 g/mol. The van der Waals surface area contributed by atoms with Crippen molar-refractivity contribution in [2.45, 2.75) is 26.9 Å². The van der Waals surface area contributed by atoms with Crippen LogP contribution in [-0.4, -0.2) is 42.2 Å². The lowest BCUT2D eigenvalue weighted by Crippen LogP contribution is -2.57. The maximum absolute atomic E-state index is 11.6. The number of anilines is 1. The Hall–Kier alpha value is -1.59. The number of hydrogen-bond acceptors (Lipinski definition) is 4. The largest absolute Gasteiger partial charge is 0.481 e. The normalized spacial score (nSPS) is 24.5. The van der Waals surface area contributed by atoms with Crippen molar-refractivity contribution in [1.82, 2.24) is 0 Å². The maximum atomic E-state index is 11.6. The van der Waals surface area contributed by atoms with Crippen molar-refractivity contribution in [3.8, 4) is 0 Å². The van der Waals surface area contributed by atoms with Gasteiger partial charge in [-0.15, -0.1) is 0 Å². The second-order valence-electron chi connectivity index (χ2n) is 5.55. The van der Waals surface area contributed by atoms with Crippen LogP contribution in [0.4, 0.5) is 5.69 Å². The van der Waals surface area contributed by atoms with Gasteiger partial charge in [0.05, 0.1) is 12.7 Å². The molecule has 1 saturated heterocycles. The quantitative estimate of drug-likeness (QED) is 0.878. The molecule has 2 unspecified atom stereocenters. The Morgan fingerprint density at radius 3 is 2.50 bits per heavy atom. The molecule has 0 spiro atoms. The average molecular weight is 279 g/mol. The smallest absolute Gasteiger partial charge is 0.316 e. The lowest BCUT2D eigenvalue weighted by molar-refractivity contribution is -0.164. The molecule has 1 aliphatic heterocycles. The first-order valence-electron chi connectivity index (χ1n) is 6.69. The fraction of sp³-hybridized carbons (Fsp3) is 0.533. The molecule has 1 fully saturated rings. The Balaban J connectivity index is 2.38. The summed E-state index contributed by atoms with van der Waals surface area (Å²) < 4.78 is 5.47. The van der Waals surface area contributed by atoms with Gasteiger partial charge in [0.2, 0.25) is 0 Å². The van der Waals surface area contributed by atoms with Crippen LogP contribution in [0.1, 0.15) is 18.1 Å². The van der Waals surface area contributed by atoms with Crippen LogP contribution in [0, 0.1) is 19.3 Å². The van der Waals surface area contributed by atoms with Gasteiger partial charge in [-0.1, -0.05) is 18.2 Å². The Morgan fingerprint density at radius 2 is 2.00 bits per heavy atom. The topological polar surface area (TPSA) is 70.0 Å². The summed E-state index contributed by atoms with van der Waals surface area (Å²) in [4.78, 5) is 13.5. The van der Waals surface area contributed by atoms with Crippen LogP contribution in [0.15, 0.2) is 18.2 Å². The summed E-state index contributed by atoms with van der Waals surface area (Å²) in [7, 11) is 0. The molecular weight excluding hydrogens is 258 g/mol. The summed E-state index contributed by atoms with van der Waals surface area (Å²) in [5.74, 6) is -1.02. The van der Waals surface area contributed by atoms with Crippen LogP contribution >= 0.6 is 0 Å². The molecule has 5 heteroatoms. The Bertz CT molecular complexity index is 494. The van der Waals surface area contributed by atoms with E-state index >= 15 is 0 Å². The zero-order valence-corrected chi connectivity index (χ0v) is 12.1. The molecule has 1 heterocycles.